The molecule has 4 nitrogen and oxygen atoms in total. The second-order valence-corrected chi connectivity index (χ2v) is 6.61. The van der Waals surface area contributed by atoms with E-state index in [1.54, 1.807) is 6.08 Å². The summed E-state index contributed by atoms with van der Waals surface area (Å²) in [5.41, 5.74) is 0.0724. The zero-order valence-electron chi connectivity index (χ0n) is 13.7. The van der Waals surface area contributed by atoms with E-state index < -0.39 is 11.9 Å². The first-order valence-electron chi connectivity index (χ1n) is 7.96. The summed E-state index contributed by atoms with van der Waals surface area (Å²) in [4.78, 5) is 24.3. The number of carbonyl (C=O) groups is 2. The topological polar surface area (TPSA) is 52.6 Å². The minimum atomic E-state index is -0.552. The lowest BCUT2D eigenvalue weighted by molar-refractivity contribution is -0.148. The van der Waals surface area contributed by atoms with Crippen molar-refractivity contribution >= 4 is 11.9 Å². The molecule has 1 aliphatic rings. The Hall–Kier alpha value is -1.32. The van der Waals surface area contributed by atoms with E-state index in [0.29, 0.717) is 13.2 Å². The summed E-state index contributed by atoms with van der Waals surface area (Å²) in [6, 6.07) is 0. The van der Waals surface area contributed by atoms with Crippen LogP contribution in [0.15, 0.2) is 11.6 Å². The van der Waals surface area contributed by atoms with Gasteiger partial charge in [0.2, 0.25) is 0 Å². The highest BCUT2D eigenvalue weighted by Gasteiger charge is 2.25. The molecular weight excluding hydrogens is 268 g/mol. The second kappa shape index (κ2) is 8.85. The van der Waals surface area contributed by atoms with Gasteiger partial charge in [0.1, 0.15) is 5.57 Å². The van der Waals surface area contributed by atoms with Crippen LogP contribution in [0.5, 0.6) is 0 Å². The fourth-order valence-corrected chi connectivity index (χ4v) is 2.22. The van der Waals surface area contributed by atoms with Gasteiger partial charge in [-0.25, -0.2) is 9.59 Å². The van der Waals surface area contributed by atoms with Crippen molar-refractivity contribution in [3.8, 4) is 0 Å². The predicted molar refractivity (Wildman–Crippen MR) is 81.6 cm³/mol. The molecule has 0 amide bonds. The van der Waals surface area contributed by atoms with Crippen molar-refractivity contribution in [2.75, 3.05) is 13.2 Å². The molecule has 1 saturated carbocycles. The predicted octanol–water partition coefficient (Wildman–Crippen LogP) is 3.50. The summed E-state index contributed by atoms with van der Waals surface area (Å²) in [5, 5.41) is 0. The maximum Gasteiger partial charge on any atom is 0.345 e. The van der Waals surface area contributed by atoms with E-state index in [9.17, 15) is 9.59 Å². The first-order chi connectivity index (χ1) is 9.90. The van der Waals surface area contributed by atoms with Crippen LogP contribution in [-0.2, 0) is 19.1 Å². The molecule has 0 saturated heterocycles. The maximum atomic E-state index is 12.1. The van der Waals surface area contributed by atoms with Crippen LogP contribution in [0.3, 0.4) is 0 Å². The molecule has 0 heterocycles. The van der Waals surface area contributed by atoms with Gasteiger partial charge in [-0.3, -0.25) is 0 Å². The molecule has 1 rings (SSSR count). The quantitative estimate of drug-likeness (QED) is 0.312. The van der Waals surface area contributed by atoms with Crippen LogP contribution < -0.4 is 0 Å². The van der Waals surface area contributed by atoms with E-state index in [1.165, 1.54) is 0 Å². The number of esters is 2. The van der Waals surface area contributed by atoms with Gasteiger partial charge in [-0.2, -0.15) is 0 Å². The molecule has 0 aromatic carbocycles. The monoisotopic (exact) mass is 296 g/mol. The highest BCUT2D eigenvalue weighted by atomic mass is 16.6. The fraction of sp³-hybridized carbons (Fsp3) is 0.765. The van der Waals surface area contributed by atoms with Crippen LogP contribution in [-0.4, -0.2) is 25.2 Å². The average molecular weight is 296 g/mol. The molecule has 0 aromatic heterocycles. The number of carbonyl (C=O) groups excluding carboxylic acids is 2. The van der Waals surface area contributed by atoms with Crippen molar-refractivity contribution in [2.24, 2.45) is 17.8 Å². The van der Waals surface area contributed by atoms with E-state index in [2.05, 4.69) is 0 Å². The number of ether oxygens (including phenoxy) is 2. The number of allylic oxidation sites excluding steroid dienone is 1. The van der Waals surface area contributed by atoms with Gasteiger partial charge in [0.15, 0.2) is 0 Å². The normalized spacial score (nSPS) is 15.3. The van der Waals surface area contributed by atoms with Crippen LogP contribution in [0.2, 0.25) is 0 Å². The SMILES string of the molecule is CC(C)COC(=O)C(=CC1CCCC1)C(=O)OCC(C)C. The Morgan fingerprint density at radius 1 is 0.952 bits per heavy atom. The fourth-order valence-electron chi connectivity index (χ4n) is 2.22. The molecule has 0 aromatic rings. The summed E-state index contributed by atoms with van der Waals surface area (Å²) in [5.74, 6) is -0.325. The third-order valence-electron chi connectivity index (χ3n) is 3.34. The molecule has 0 spiro atoms. The zero-order chi connectivity index (χ0) is 15.8. The molecule has 0 atom stereocenters. The van der Waals surface area contributed by atoms with Gasteiger partial charge in [0, 0.05) is 0 Å². The molecule has 0 unspecified atom stereocenters. The van der Waals surface area contributed by atoms with Gasteiger partial charge in [0.05, 0.1) is 13.2 Å². The molecular formula is C17H28O4. The standard InChI is InChI=1S/C17H28O4/c1-12(2)10-20-16(18)15(9-14-7-5-6-8-14)17(19)21-11-13(3)4/h9,12-14H,5-8,10-11H2,1-4H3. The number of hydrogen-bond acceptors (Lipinski definition) is 4. The third-order valence-corrected chi connectivity index (χ3v) is 3.34. The van der Waals surface area contributed by atoms with Gasteiger partial charge >= 0.3 is 11.9 Å². The summed E-state index contributed by atoms with van der Waals surface area (Å²) in [6.45, 7) is 8.49. The third kappa shape index (κ3) is 6.78. The molecule has 1 fully saturated rings. The number of hydrogen-bond donors (Lipinski definition) is 0. The van der Waals surface area contributed by atoms with Crippen LogP contribution in [0.25, 0.3) is 0 Å². The van der Waals surface area contributed by atoms with Gasteiger partial charge in [-0.15, -0.1) is 0 Å². The van der Waals surface area contributed by atoms with Gasteiger partial charge < -0.3 is 9.47 Å². The highest BCUT2D eigenvalue weighted by molar-refractivity contribution is 6.14. The summed E-state index contributed by atoms with van der Waals surface area (Å²) in [7, 11) is 0. The Balaban J connectivity index is 2.73. The first-order valence-corrected chi connectivity index (χ1v) is 7.96. The van der Waals surface area contributed by atoms with Crippen LogP contribution in [0.1, 0.15) is 53.4 Å². The number of rotatable bonds is 7. The van der Waals surface area contributed by atoms with Crippen molar-refractivity contribution in [1.29, 1.82) is 0 Å². The molecule has 0 N–H and O–H groups in total. The molecule has 21 heavy (non-hydrogen) atoms. The minimum absolute atomic E-state index is 0.0724. The molecule has 4 heteroatoms. The van der Waals surface area contributed by atoms with Crippen LogP contribution in [0.4, 0.5) is 0 Å². The second-order valence-electron chi connectivity index (χ2n) is 6.61. The van der Waals surface area contributed by atoms with Crippen molar-refractivity contribution in [2.45, 2.75) is 53.4 Å². The Morgan fingerprint density at radius 2 is 1.38 bits per heavy atom. The smallest absolute Gasteiger partial charge is 0.345 e. The molecule has 1 aliphatic carbocycles. The summed E-state index contributed by atoms with van der Waals surface area (Å²) in [6.07, 6.45) is 6.11. The summed E-state index contributed by atoms with van der Waals surface area (Å²) >= 11 is 0. The zero-order valence-corrected chi connectivity index (χ0v) is 13.7. The van der Waals surface area contributed by atoms with E-state index in [1.807, 2.05) is 27.7 Å². The van der Waals surface area contributed by atoms with E-state index in [0.717, 1.165) is 25.7 Å². The Labute approximate surface area is 127 Å². The van der Waals surface area contributed by atoms with Crippen molar-refractivity contribution in [1.82, 2.24) is 0 Å². The van der Waals surface area contributed by atoms with Crippen LogP contribution >= 0.6 is 0 Å². The lowest BCUT2D eigenvalue weighted by atomic mass is 10.0. The van der Waals surface area contributed by atoms with Crippen LogP contribution in [0, 0.1) is 17.8 Å². The van der Waals surface area contributed by atoms with Gasteiger partial charge in [-0.05, 0) is 30.6 Å². The molecule has 0 bridgehead atoms. The Morgan fingerprint density at radius 3 is 1.76 bits per heavy atom. The largest absolute Gasteiger partial charge is 0.462 e. The lowest BCUT2D eigenvalue weighted by Crippen LogP contribution is -2.22. The molecule has 120 valence electrons. The lowest BCUT2D eigenvalue weighted by Gasteiger charge is -2.13. The Bertz CT molecular complexity index is 350. The van der Waals surface area contributed by atoms with Crippen molar-refractivity contribution in [3.05, 3.63) is 11.6 Å². The Kier molecular flexibility index (Phi) is 7.48. The average Bonchev–Trinajstić information content (AvgIpc) is 2.92. The van der Waals surface area contributed by atoms with Crippen molar-refractivity contribution in [3.63, 3.8) is 0 Å². The van der Waals surface area contributed by atoms with E-state index in [4.69, 9.17) is 9.47 Å². The minimum Gasteiger partial charge on any atom is -0.462 e. The summed E-state index contributed by atoms with van der Waals surface area (Å²) < 4.78 is 10.4. The maximum absolute atomic E-state index is 12.1. The highest BCUT2D eigenvalue weighted by Crippen LogP contribution is 2.27. The van der Waals surface area contributed by atoms with E-state index in [-0.39, 0.29) is 23.3 Å². The van der Waals surface area contributed by atoms with Gasteiger partial charge in [0.25, 0.3) is 0 Å². The van der Waals surface area contributed by atoms with E-state index >= 15 is 0 Å². The molecule has 0 aliphatic heterocycles. The van der Waals surface area contributed by atoms with Crippen molar-refractivity contribution < 1.29 is 19.1 Å². The molecule has 0 radical (unpaired) electrons. The van der Waals surface area contributed by atoms with Gasteiger partial charge in [-0.1, -0.05) is 46.6 Å². The first kappa shape index (κ1) is 17.7.